The van der Waals surface area contributed by atoms with Gasteiger partial charge in [-0.2, -0.15) is 0 Å². The summed E-state index contributed by atoms with van der Waals surface area (Å²) in [5, 5.41) is 0. The monoisotopic (exact) mass is 402 g/mol. The highest BCUT2D eigenvalue weighted by atomic mass is 32.2. The van der Waals surface area contributed by atoms with E-state index in [0.717, 1.165) is 22.0 Å². The maximum absolute atomic E-state index is 12.8. The van der Waals surface area contributed by atoms with Crippen LogP contribution in [0, 0.1) is 0 Å². The maximum atomic E-state index is 12.8. The number of methoxy groups -OCH3 is 4. The fourth-order valence-corrected chi connectivity index (χ4v) is 3.74. The Bertz CT molecular complexity index is 881. The summed E-state index contributed by atoms with van der Waals surface area (Å²) in [5.74, 6) is 3.47. The average molecular weight is 402 g/mol. The number of fused-ring (bicyclic) bond motifs is 1. The highest BCUT2D eigenvalue weighted by Crippen LogP contribution is 2.40. The second-order valence-corrected chi connectivity index (χ2v) is 6.99. The van der Waals surface area contributed by atoms with Crippen molar-refractivity contribution in [2.24, 2.45) is 0 Å². The number of ketones is 1. The zero-order valence-electron chi connectivity index (χ0n) is 16.2. The average Bonchev–Trinajstić information content (AvgIpc) is 2.75. The van der Waals surface area contributed by atoms with Crippen molar-refractivity contribution >= 4 is 23.6 Å². The molecular formula is C21H22O6S. The lowest BCUT2D eigenvalue weighted by atomic mass is 10.1. The van der Waals surface area contributed by atoms with Gasteiger partial charge in [0.2, 0.25) is 5.75 Å². The van der Waals surface area contributed by atoms with Crippen LogP contribution in [0.1, 0.15) is 15.9 Å². The molecule has 0 fully saturated rings. The molecule has 3 rings (SSSR count). The molecule has 0 aromatic heterocycles. The van der Waals surface area contributed by atoms with Crippen LogP contribution in [0.15, 0.2) is 35.2 Å². The molecule has 1 heterocycles. The molecule has 0 bridgehead atoms. The van der Waals surface area contributed by atoms with Crippen LogP contribution in [0.2, 0.25) is 0 Å². The first-order valence-corrected chi connectivity index (χ1v) is 9.59. The highest BCUT2D eigenvalue weighted by Gasteiger charge is 2.19. The lowest BCUT2D eigenvalue weighted by molar-refractivity contribution is 0.104. The molecule has 0 spiro atoms. The molecule has 7 heteroatoms. The van der Waals surface area contributed by atoms with Gasteiger partial charge in [-0.25, -0.2) is 0 Å². The largest absolute Gasteiger partial charge is 0.496 e. The Hall–Kier alpha value is -2.80. The molecule has 0 radical (unpaired) electrons. The minimum absolute atomic E-state index is 0.167. The molecule has 1 aliphatic heterocycles. The Morgan fingerprint density at radius 1 is 0.964 bits per heavy atom. The van der Waals surface area contributed by atoms with Crippen molar-refractivity contribution in [3.05, 3.63) is 41.5 Å². The molecule has 0 atom stereocenters. The summed E-state index contributed by atoms with van der Waals surface area (Å²) in [6, 6.07) is 7.14. The van der Waals surface area contributed by atoms with Crippen LogP contribution >= 0.6 is 11.8 Å². The minimum Gasteiger partial charge on any atom is -0.496 e. The third-order valence-electron chi connectivity index (χ3n) is 4.24. The smallest absolute Gasteiger partial charge is 0.203 e. The Morgan fingerprint density at radius 3 is 2.25 bits per heavy atom. The molecule has 6 nitrogen and oxygen atoms in total. The van der Waals surface area contributed by atoms with Gasteiger partial charge < -0.3 is 23.7 Å². The standard InChI is InChI=1S/C21H22O6S/c1-23-16-12-17-20(28-8-7-27-17)11-14(16)15(22)6-5-13-9-18(24-2)21(26-4)19(10-13)25-3/h5-6,9-12H,7-8H2,1-4H3/b6-5+. The number of thioether (sulfide) groups is 1. The van der Waals surface area contributed by atoms with Gasteiger partial charge in [-0.3, -0.25) is 4.79 Å². The Kier molecular flexibility index (Phi) is 6.36. The van der Waals surface area contributed by atoms with E-state index in [-0.39, 0.29) is 5.78 Å². The molecule has 0 unspecified atom stereocenters. The minimum atomic E-state index is -0.167. The first-order valence-electron chi connectivity index (χ1n) is 8.61. The molecule has 1 aliphatic rings. The summed E-state index contributed by atoms with van der Waals surface area (Å²) >= 11 is 1.66. The van der Waals surface area contributed by atoms with Crippen molar-refractivity contribution in [2.75, 3.05) is 40.8 Å². The maximum Gasteiger partial charge on any atom is 0.203 e. The van der Waals surface area contributed by atoms with Crippen LogP contribution in [0.4, 0.5) is 0 Å². The predicted molar refractivity (Wildman–Crippen MR) is 109 cm³/mol. The van der Waals surface area contributed by atoms with E-state index in [4.69, 9.17) is 23.7 Å². The summed E-state index contributed by atoms with van der Waals surface area (Å²) in [6.07, 6.45) is 3.20. The molecule has 0 saturated carbocycles. The van der Waals surface area contributed by atoms with Crippen molar-refractivity contribution in [3.63, 3.8) is 0 Å². The van der Waals surface area contributed by atoms with Crippen LogP contribution in [-0.2, 0) is 0 Å². The second kappa shape index (κ2) is 8.93. The van der Waals surface area contributed by atoms with E-state index in [1.807, 2.05) is 6.07 Å². The first kappa shape index (κ1) is 19.9. The number of hydrogen-bond donors (Lipinski definition) is 0. The van der Waals surface area contributed by atoms with Gasteiger partial charge in [0.15, 0.2) is 17.3 Å². The number of carbonyl (C=O) groups is 1. The molecule has 2 aromatic carbocycles. The molecule has 0 saturated heterocycles. The van der Waals surface area contributed by atoms with Crippen molar-refractivity contribution in [1.29, 1.82) is 0 Å². The van der Waals surface area contributed by atoms with Gasteiger partial charge in [0.1, 0.15) is 11.5 Å². The number of benzene rings is 2. The second-order valence-electron chi connectivity index (χ2n) is 5.85. The van der Waals surface area contributed by atoms with E-state index in [0.29, 0.717) is 35.2 Å². The van der Waals surface area contributed by atoms with Crippen molar-refractivity contribution in [3.8, 4) is 28.7 Å². The van der Waals surface area contributed by atoms with E-state index in [9.17, 15) is 4.79 Å². The first-order chi connectivity index (χ1) is 13.6. The zero-order valence-corrected chi connectivity index (χ0v) is 17.1. The number of carbonyl (C=O) groups excluding carboxylic acids is 1. The van der Waals surface area contributed by atoms with E-state index in [2.05, 4.69) is 0 Å². The van der Waals surface area contributed by atoms with Gasteiger partial charge in [0, 0.05) is 11.8 Å². The van der Waals surface area contributed by atoms with Gasteiger partial charge >= 0.3 is 0 Å². The molecular weight excluding hydrogens is 380 g/mol. The molecule has 0 N–H and O–H groups in total. The summed E-state index contributed by atoms with van der Waals surface area (Å²) in [7, 11) is 6.18. The molecule has 2 aromatic rings. The number of allylic oxidation sites excluding steroid dienone is 1. The van der Waals surface area contributed by atoms with Gasteiger partial charge in [-0.05, 0) is 29.8 Å². The highest BCUT2D eigenvalue weighted by molar-refractivity contribution is 7.99. The van der Waals surface area contributed by atoms with Crippen LogP contribution in [0.25, 0.3) is 6.08 Å². The van der Waals surface area contributed by atoms with E-state index in [1.165, 1.54) is 13.2 Å². The van der Waals surface area contributed by atoms with Crippen molar-refractivity contribution in [2.45, 2.75) is 4.90 Å². The van der Waals surface area contributed by atoms with E-state index in [1.54, 1.807) is 57.4 Å². The summed E-state index contributed by atoms with van der Waals surface area (Å²) in [5.41, 5.74) is 1.24. The van der Waals surface area contributed by atoms with Gasteiger partial charge in [-0.15, -0.1) is 11.8 Å². The number of ether oxygens (including phenoxy) is 5. The fraction of sp³-hybridized carbons (Fsp3) is 0.286. The van der Waals surface area contributed by atoms with E-state index < -0.39 is 0 Å². The van der Waals surface area contributed by atoms with Crippen LogP contribution < -0.4 is 23.7 Å². The van der Waals surface area contributed by atoms with Crippen molar-refractivity contribution in [1.82, 2.24) is 0 Å². The number of rotatable bonds is 7. The topological polar surface area (TPSA) is 63.2 Å². The Balaban J connectivity index is 1.92. The summed E-state index contributed by atoms with van der Waals surface area (Å²) < 4.78 is 27.0. The Labute approximate surface area is 168 Å². The van der Waals surface area contributed by atoms with Gasteiger partial charge in [0.05, 0.1) is 45.5 Å². The molecule has 0 aliphatic carbocycles. The van der Waals surface area contributed by atoms with Crippen LogP contribution in [-0.4, -0.2) is 46.6 Å². The molecule has 148 valence electrons. The number of hydrogen-bond acceptors (Lipinski definition) is 7. The van der Waals surface area contributed by atoms with Crippen LogP contribution in [0.5, 0.6) is 28.7 Å². The fourth-order valence-electron chi connectivity index (χ4n) is 2.89. The third-order valence-corrected chi connectivity index (χ3v) is 5.24. The van der Waals surface area contributed by atoms with E-state index >= 15 is 0 Å². The van der Waals surface area contributed by atoms with Crippen LogP contribution in [0.3, 0.4) is 0 Å². The van der Waals surface area contributed by atoms with Gasteiger partial charge in [0.25, 0.3) is 0 Å². The summed E-state index contributed by atoms with van der Waals surface area (Å²) in [6.45, 7) is 0.648. The molecule has 28 heavy (non-hydrogen) atoms. The quantitative estimate of drug-likeness (QED) is 0.510. The predicted octanol–water partition coefficient (Wildman–Crippen LogP) is 4.10. The van der Waals surface area contributed by atoms with Gasteiger partial charge in [-0.1, -0.05) is 6.08 Å². The molecule has 0 amide bonds. The zero-order chi connectivity index (χ0) is 20.1. The Morgan fingerprint density at radius 2 is 1.64 bits per heavy atom. The summed E-state index contributed by atoms with van der Waals surface area (Å²) in [4.78, 5) is 13.8. The normalized spacial score (nSPS) is 12.9. The lowest BCUT2D eigenvalue weighted by Crippen LogP contribution is -2.08. The lowest BCUT2D eigenvalue weighted by Gasteiger charge is -2.18. The van der Waals surface area contributed by atoms with Crippen molar-refractivity contribution < 1.29 is 28.5 Å². The third kappa shape index (κ3) is 4.04. The SMILES string of the molecule is COc1cc2c(cc1C(=O)/C=C/c1cc(OC)c(OC)c(OC)c1)SCCO2.